The number of hydrogen-bond donors (Lipinski definition) is 2. The van der Waals surface area contributed by atoms with Crippen LogP contribution in [0.3, 0.4) is 0 Å². The number of phenols is 2. The van der Waals surface area contributed by atoms with Crippen LogP contribution in [0.25, 0.3) is 0 Å². The van der Waals surface area contributed by atoms with Gasteiger partial charge in [-0.3, -0.25) is 4.79 Å². The molecule has 174 valence electrons. The molecule has 5 heteroatoms. The van der Waals surface area contributed by atoms with Crippen molar-refractivity contribution in [3.05, 3.63) is 47.5 Å². The minimum atomic E-state index is -0.309. The van der Waals surface area contributed by atoms with Crippen LogP contribution in [0.2, 0.25) is 0 Å². The van der Waals surface area contributed by atoms with Crippen molar-refractivity contribution in [1.29, 1.82) is 0 Å². The zero-order chi connectivity index (χ0) is 22.8. The molecule has 5 nitrogen and oxygen atoms in total. The molecule has 0 spiro atoms. The maximum absolute atomic E-state index is 12.2. The van der Waals surface area contributed by atoms with Crippen molar-refractivity contribution in [1.82, 2.24) is 0 Å². The predicted octanol–water partition coefficient (Wildman–Crippen LogP) is 6.99. The number of fused-ring (bicyclic) bond motifs is 1. The zero-order valence-electron chi connectivity index (χ0n) is 19.1. The molecule has 1 unspecified atom stereocenters. The Morgan fingerprint density at radius 3 is 2.41 bits per heavy atom. The summed E-state index contributed by atoms with van der Waals surface area (Å²) in [5.74, 6) is 0.976. The van der Waals surface area contributed by atoms with E-state index in [0.717, 1.165) is 31.2 Å². The van der Waals surface area contributed by atoms with E-state index in [1.165, 1.54) is 51.0 Å². The molecule has 2 N–H and O–H groups in total. The van der Waals surface area contributed by atoms with Gasteiger partial charge in [0.05, 0.1) is 0 Å². The van der Waals surface area contributed by atoms with Crippen molar-refractivity contribution < 1.29 is 24.5 Å². The van der Waals surface area contributed by atoms with Crippen LogP contribution in [-0.4, -0.2) is 16.2 Å². The molecule has 1 aliphatic rings. The highest BCUT2D eigenvalue weighted by Crippen LogP contribution is 2.40. The summed E-state index contributed by atoms with van der Waals surface area (Å²) in [7, 11) is 0. The molecular formula is C27H36O5. The van der Waals surface area contributed by atoms with Crippen molar-refractivity contribution in [2.24, 2.45) is 0 Å². The number of phenolic OH excluding ortho intramolecular Hbond substituents is 2. The van der Waals surface area contributed by atoms with E-state index in [0.29, 0.717) is 23.5 Å². The van der Waals surface area contributed by atoms with Crippen LogP contribution in [0.5, 0.6) is 23.0 Å². The van der Waals surface area contributed by atoms with Crippen LogP contribution in [0.1, 0.15) is 94.8 Å². The number of carbonyl (C=O) groups is 1. The summed E-state index contributed by atoms with van der Waals surface area (Å²) in [6, 6.07) is 10.0. The number of hydrogen-bond acceptors (Lipinski definition) is 5. The summed E-state index contributed by atoms with van der Waals surface area (Å²) < 4.78 is 11.6. The quantitative estimate of drug-likeness (QED) is 0.211. The number of ether oxygens (including phenoxy) is 2. The first-order valence-electron chi connectivity index (χ1n) is 12.1. The lowest BCUT2D eigenvalue weighted by Gasteiger charge is -2.27. The molecule has 0 aromatic heterocycles. The standard InChI is InChI=1S/C27H36O5/c1-2-3-4-5-6-7-8-9-10-11-27(30)31-22-15-12-20-13-17-25(32-26(20)19-22)23-16-14-21(28)18-24(23)29/h12,14-16,18-19,25,28-29H,2-11,13,17H2,1H3. The minimum absolute atomic E-state index is 0.0157. The second-order valence-corrected chi connectivity index (χ2v) is 8.71. The SMILES string of the molecule is CCCCCCCCCCCC(=O)Oc1ccc2c(c1)OC(c1ccc(O)cc1O)CC2. The van der Waals surface area contributed by atoms with E-state index in [2.05, 4.69) is 6.92 Å². The lowest BCUT2D eigenvalue weighted by Crippen LogP contribution is -2.15. The molecule has 1 heterocycles. The number of unbranched alkanes of at least 4 members (excludes halogenated alkanes) is 8. The average Bonchev–Trinajstić information content (AvgIpc) is 2.77. The van der Waals surface area contributed by atoms with E-state index in [-0.39, 0.29) is 23.6 Å². The van der Waals surface area contributed by atoms with Crippen LogP contribution in [0.4, 0.5) is 0 Å². The Balaban J connectivity index is 1.43. The molecule has 3 rings (SSSR count). The number of esters is 1. The van der Waals surface area contributed by atoms with Crippen molar-refractivity contribution in [3.8, 4) is 23.0 Å². The molecular weight excluding hydrogens is 404 g/mol. The van der Waals surface area contributed by atoms with E-state index >= 15 is 0 Å². The molecule has 32 heavy (non-hydrogen) atoms. The monoisotopic (exact) mass is 440 g/mol. The van der Waals surface area contributed by atoms with E-state index < -0.39 is 0 Å². The van der Waals surface area contributed by atoms with Gasteiger partial charge in [0.15, 0.2) is 0 Å². The van der Waals surface area contributed by atoms with Crippen molar-refractivity contribution in [2.45, 2.75) is 90.1 Å². The Bertz CT molecular complexity index is 876. The topological polar surface area (TPSA) is 76.0 Å². The van der Waals surface area contributed by atoms with Crippen LogP contribution < -0.4 is 9.47 Å². The highest BCUT2D eigenvalue weighted by molar-refractivity contribution is 5.72. The summed E-state index contributed by atoms with van der Waals surface area (Å²) in [5, 5.41) is 19.6. The third-order valence-corrected chi connectivity index (χ3v) is 6.06. The molecule has 0 radical (unpaired) electrons. The highest BCUT2D eigenvalue weighted by Gasteiger charge is 2.24. The third kappa shape index (κ3) is 7.18. The number of aromatic hydroxyl groups is 2. The van der Waals surface area contributed by atoms with E-state index in [1.54, 1.807) is 18.2 Å². The molecule has 1 aliphatic heterocycles. The Hall–Kier alpha value is -2.69. The van der Waals surface area contributed by atoms with Gasteiger partial charge in [0.2, 0.25) is 0 Å². The van der Waals surface area contributed by atoms with Gasteiger partial charge in [-0.15, -0.1) is 0 Å². The summed E-state index contributed by atoms with van der Waals surface area (Å²) in [5.41, 5.74) is 1.69. The van der Waals surface area contributed by atoms with Crippen molar-refractivity contribution in [2.75, 3.05) is 0 Å². The smallest absolute Gasteiger partial charge is 0.311 e. The maximum Gasteiger partial charge on any atom is 0.311 e. The average molecular weight is 441 g/mol. The Labute approximate surface area is 191 Å². The Kier molecular flexibility index (Phi) is 9.27. The summed E-state index contributed by atoms with van der Waals surface area (Å²) in [6.45, 7) is 2.23. The largest absolute Gasteiger partial charge is 0.508 e. The van der Waals surface area contributed by atoms with Gasteiger partial charge in [-0.2, -0.15) is 0 Å². The fourth-order valence-corrected chi connectivity index (χ4v) is 4.20. The fourth-order valence-electron chi connectivity index (χ4n) is 4.20. The van der Waals surface area contributed by atoms with Crippen molar-refractivity contribution >= 4 is 5.97 Å². The Morgan fingerprint density at radius 1 is 0.969 bits per heavy atom. The normalized spacial score (nSPS) is 15.1. The molecule has 0 aliphatic carbocycles. The first kappa shape index (κ1) is 24.0. The van der Waals surface area contributed by atoms with Crippen LogP contribution in [-0.2, 0) is 11.2 Å². The van der Waals surface area contributed by atoms with E-state index in [9.17, 15) is 15.0 Å². The van der Waals surface area contributed by atoms with Crippen LogP contribution >= 0.6 is 0 Å². The van der Waals surface area contributed by atoms with Gasteiger partial charge >= 0.3 is 5.97 Å². The van der Waals surface area contributed by atoms with Gasteiger partial charge in [-0.1, -0.05) is 64.4 Å². The number of carbonyl (C=O) groups excluding carboxylic acids is 1. The molecule has 0 amide bonds. The molecule has 0 fully saturated rings. The predicted molar refractivity (Wildman–Crippen MR) is 125 cm³/mol. The molecule has 1 atom stereocenters. The van der Waals surface area contributed by atoms with E-state index in [1.807, 2.05) is 12.1 Å². The number of benzene rings is 2. The van der Waals surface area contributed by atoms with Gasteiger partial charge in [-0.05, 0) is 43.0 Å². The lowest BCUT2D eigenvalue weighted by atomic mass is 9.96. The summed E-state index contributed by atoms with van der Waals surface area (Å²) in [4.78, 5) is 12.2. The molecule has 0 bridgehead atoms. The number of rotatable bonds is 12. The Morgan fingerprint density at radius 2 is 1.69 bits per heavy atom. The van der Waals surface area contributed by atoms with Crippen molar-refractivity contribution in [3.63, 3.8) is 0 Å². The molecule has 0 saturated carbocycles. The van der Waals surface area contributed by atoms with Gasteiger partial charge in [0, 0.05) is 24.1 Å². The van der Waals surface area contributed by atoms with Gasteiger partial charge in [-0.25, -0.2) is 0 Å². The van der Waals surface area contributed by atoms with Crippen LogP contribution in [0.15, 0.2) is 36.4 Å². The first-order chi connectivity index (χ1) is 15.6. The number of aryl methyl sites for hydroxylation is 1. The van der Waals surface area contributed by atoms with Gasteiger partial charge in [0.1, 0.15) is 29.1 Å². The minimum Gasteiger partial charge on any atom is -0.508 e. The summed E-state index contributed by atoms with van der Waals surface area (Å²) >= 11 is 0. The second-order valence-electron chi connectivity index (χ2n) is 8.71. The lowest BCUT2D eigenvalue weighted by molar-refractivity contribution is -0.134. The van der Waals surface area contributed by atoms with Gasteiger partial charge in [0.25, 0.3) is 0 Å². The molecule has 2 aromatic rings. The summed E-state index contributed by atoms with van der Waals surface area (Å²) in [6.07, 6.45) is 12.6. The molecule has 0 saturated heterocycles. The van der Waals surface area contributed by atoms with E-state index in [4.69, 9.17) is 9.47 Å². The molecule has 2 aromatic carbocycles. The zero-order valence-corrected chi connectivity index (χ0v) is 19.1. The van der Waals surface area contributed by atoms with Gasteiger partial charge < -0.3 is 19.7 Å². The maximum atomic E-state index is 12.2. The van der Waals surface area contributed by atoms with Crippen LogP contribution in [0, 0.1) is 0 Å². The third-order valence-electron chi connectivity index (χ3n) is 6.06. The highest BCUT2D eigenvalue weighted by atomic mass is 16.5. The fraction of sp³-hybridized carbons (Fsp3) is 0.519. The first-order valence-corrected chi connectivity index (χ1v) is 12.1. The second kappa shape index (κ2) is 12.4.